The van der Waals surface area contributed by atoms with Gasteiger partial charge in [0.15, 0.2) is 5.16 Å². The molecule has 0 spiro atoms. The lowest BCUT2D eigenvalue weighted by atomic mass is 10.3. The Balaban J connectivity index is 1.91. The lowest BCUT2D eigenvalue weighted by Crippen LogP contribution is -1.90. The van der Waals surface area contributed by atoms with E-state index in [0.29, 0.717) is 6.61 Å². The molecule has 0 saturated carbocycles. The molecular formula is C14H12BrN3OS. The molecule has 0 radical (unpaired) electrons. The van der Waals surface area contributed by atoms with E-state index in [2.05, 4.69) is 30.9 Å². The van der Waals surface area contributed by atoms with Crippen molar-refractivity contribution in [1.29, 1.82) is 0 Å². The van der Waals surface area contributed by atoms with E-state index < -0.39 is 0 Å². The Bertz CT molecular complexity index is 744. The van der Waals surface area contributed by atoms with Crippen LogP contribution in [-0.2, 0) is 0 Å². The number of fused-ring (bicyclic) bond motifs is 1. The second-order valence-corrected chi connectivity index (χ2v) is 5.88. The summed E-state index contributed by atoms with van der Waals surface area (Å²) in [5.41, 5.74) is 1.88. The van der Waals surface area contributed by atoms with Gasteiger partial charge in [-0.25, -0.2) is 9.97 Å². The fourth-order valence-electron chi connectivity index (χ4n) is 1.81. The number of ether oxygens (including phenoxy) is 1. The van der Waals surface area contributed by atoms with E-state index in [-0.39, 0.29) is 0 Å². The Labute approximate surface area is 129 Å². The van der Waals surface area contributed by atoms with E-state index in [9.17, 15) is 0 Å². The zero-order valence-corrected chi connectivity index (χ0v) is 13.2. The third kappa shape index (κ3) is 2.81. The first-order valence-electron chi connectivity index (χ1n) is 6.17. The highest BCUT2D eigenvalue weighted by Crippen LogP contribution is 2.31. The molecule has 0 saturated heterocycles. The molecule has 3 aromatic rings. The topological polar surface area (TPSA) is 50.8 Å². The van der Waals surface area contributed by atoms with Crippen LogP contribution in [0.2, 0.25) is 0 Å². The summed E-state index contributed by atoms with van der Waals surface area (Å²) in [6.45, 7) is 2.62. The SMILES string of the molecule is CCOc1ccc2nc(Sc3ncccc3Br)[nH]c2c1. The highest BCUT2D eigenvalue weighted by molar-refractivity contribution is 9.10. The molecule has 0 bridgehead atoms. The van der Waals surface area contributed by atoms with E-state index in [1.807, 2.05) is 37.3 Å². The Hall–Kier alpha value is -1.53. The Morgan fingerprint density at radius 3 is 3.05 bits per heavy atom. The lowest BCUT2D eigenvalue weighted by Gasteiger charge is -2.00. The number of aromatic nitrogens is 3. The minimum atomic E-state index is 0.655. The highest BCUT2D eigenvalue weighted by atomic mass is 79.9. The molecule has 0 amide bonds. The second kappa shape index (κ2) is 5.85. The summed E-state index contributed by atoms with van der Waals surface area (Å²) in [6, 6.07) is 9.70. The van der Waals surface area contributed by atoms with Gasteiger partial charge in [0.1, 0.15) is 10.8 Å². The van der Waals surface area contributed by atoms with E-state index in [0.717, 1.165) is 31.4 Å². The van der Waals surface area contributed by atoms with Gasteiger partial charge in [0.05, 0.1) is 22.1 Å². The maximum Gasteiger partial charge on any atom is 0.172 e. The average molecular weight is 350 g/mol. The molecule has 3 rings (SSSR count). The number of aromatic amines is 1. The zero-order valence-electron chi connectivity index (χ0n) is 10.8. The van der Waals surface area contributed by atoms with Gasteiger partial charge in [-0.05, 0) is 58.9 Å². The van der Waals surface area contributed by atoms with Crippen molar-refractivity contribution in [2.75, 3.05) is 6.61 Å². The number of pyridine rings is 1. The molecule has 2 heterocycles. The monoisotopic (exact) mass is 349 g/mol. The number of halogens is 1. The molecule has 20 heavy (non-hydrogen) atoms. The van der Waals surface area contributed by atoms with Crippen LogP contribution >= 0.6 is 27.7 Å². The lowest BCUT2D eigenvalue weighted by molar-refractivity contribution is 0.340. The van der Waals surface area contributed by atoms with Crippen molar-refractivity contribution in [2.24, 2.45) is 0 Å². The zero-order chi connectivity index (χ0) is 13.9. The van der Waals surface area contributed by atoms with Gasteiger partial charge >= 0.3 is 0 Å². The summed E-state index contributed by atoms with van der Waals surface area (Å²) in [4.78, 5) is 12.1. The van der Waals surface area contributed by atoms with Crippen LogP contribution in [0.4, 0.5) is 0 Å². The fraction of sp³-hybridized carbons (Fsp3) is 0.143. The molecule has 0 fully saturated rings. The van der Waals surface area contributed by atoms with Crippen molar-refractivity contribution < 1.29 is 4.74 Å². The number of nitrogens with one attached hydrogen (secondary N) is 1. The minimum Gasteiger partial charge on any atom is -0.494 e. The Morgan fingerprint density at radius 2 is 2.25 bits per heavy atom. The van der Waals surface area contributed by atoms with Crippen LogP contribution in [0, 0.1) is 0 Å². The van der Waals surface area contributed by atoms with Gasteiger partial charge in [0.25, 0.3) is 0 Å². The van der Waals surface area contributed by atoms with Crippen LogP contribution in [0.3, 0.4) is 0 Å². The Morgan fingerprint density at radius 1 is 1.35 bits per heavy atom. The Kier molecular flexibility index (Phi) is 3.93. The molecule has 0 aliphatic heterocycles. The standard InChI is InChI=1S/C14H12BrN3OS/c1-2-19-9-5-6-11-12(8-9)18-14(17-11)20-13-10(15)4-3-7-16-13/h3-8H,2H2,1H3,(H,17,18). The van der Waals surface area contributed by atoms with Crippen molar-refractivity contribution in [2.45, 2.75) is 17.1 Å². The maximum absolute atomic E-state index is 5.49. The van der Waals surface area contributed by atoms with Gasteiger partial charge in [-0.2, -0.15) is 0 Å². The molecule has 0 unspecified atom stereocenters. The van der Waals surface area contributed by atoms with Crippen molar-refractivity contribution in [3.05, 3.63) is 41.0 Å². The molecule has 0 aliphatic carbocycles. The predicted molar refractivity (Wildman–Crippen MR) is 83.3 cm³/mol. The first-order chi connectivity index (χ1) is 9.76. The van der Waals surface area contributed by atoms with Crippen LogP contribution in [-0.4, -0.2) is 21.6 Å². The summed E-state index contributed by atoms with van der Waals surface area (Å²) >= 11 is 4.98. The molecule has 4 nitrogen and oxygen atoms in total. The van der Waals surface area contributed by atoms with Crippen LogP contribution < -0.4 is 4.74 Å². The summed E-state index contributed by atoms with van der Waals surface area (Å²) in [5, 5.41) is 1.70. The van der Waals surface area contributed by atoms with E-state index in [1.165, 1.54) is 11.8 Å². The van der Waals surface area contributed by atoms with E-state index in [4.69, 9.17) is 4.74 Å². The third-order valence-corrected chi connectivity index (χ3v) is 4.47. The van der Waals surface area contributed by atoms with E-state index >= 15 is 0 Å². The normalized spacial score (nSPS) is 10.9. The van der Waals surface area contributed by atoms with Crippen LogP contribution in [0.5, 0.6) is 5.75 Å². The fourth-order valence-corrected chi connectivity index (χ4v) is 3.07. The minimum absolute atomic E-state index is 0.655. The number of hydrogen-bond acceptors (Lipinski definition) is 4. The number of benzene rings is 1. The van der Waals surface area contributed by atoms with Gasteiger partial charge in [-0.3, -0.25) is 0 Å². The predicted octanol–water partition coefficient (Wildman–Crippen LogP) is 4.27. The molecular weight excluding hydrogens is 338 g/mol. The van der Waals surface area contributed by atoms with Gasteiger partial charge < -0.3 is 9.72 Å². The maximum atomic E-state index is 5.49. The molecule has 2 aromatic heterocycles. The number of hydrogen-bond donors (Lipinski definition) is 1. The molecule has 6 heteroatoms. The number of imidazole rings is 1. The van der Waals surface area contributed by atoms with Crippen molar-refractivity contribution in [3.8, 4) is 5.75 Å². The molecule has 0 atom stereocenters. The van der Waals surface area contributed by atoms with Gasteiger partial charge in [0, 0.05) is 12.3 Å². The smallest absolute Gasteiger partial charge is 0.172 e. The molecule has 102 valence electrons. The quantitative estimate of drug-likeness (QED) is 0.763. The van der Waals surface area contributed by atoms with Crippen molar-refractivity contribution in [1.82, 2.24) is 15.0 Å². The summed E-state index contributed by atoms with van der Waals surface area (Å²) in [5.74, 6) is 0.846. The molecule has 0 aliphatic rings. The van der Waals surface area contributed by atoms with Gasteiger partial charge in [-0.1, -0.05) is 0 Å². The summed E-state index contributed by atoms with van der Waals surface area (Å²) < 4.78 is 6.44. The number of H-pyrrole nitrogens is 1. The highest BCUT2D eigenvalue weighted by Gasteiger charge is 2.08. The molecule has 1 N–H and O–H groups in total. The van der Waals surface area contributed by atoms with Gasteiger partial charge in [0.2, 0.25) is 0 Å². The molecule has 1 aromatic carbocycles. The summed E-state index contributed by atoms with van der Waals surface area (Å²) in [7, 11) is 0. The van der Waals surface area contributed by atoms with Crippen molar-refractivity contribution in [3.63, 3.8) is 0 Å². The van der Waals surface area contributed by atoms with Crippen LogP contribution in [0.25, 0.3) is 11.0 Å². The van der Waals surface area contributed by atoms with Crippen molar-refractivity contribution >= 4 is 38.7 Å². The van der Waals surface area contributed by atoms with E-state index in [1.54, 1.807) is 6.20 Å². The van der Waals surface area contributed by atoms with Crippen LogP contribution in [0.1, 0.15) is 6.92 Å². The average Bonchev–Trinajstić information content (AvgIpc) is 2.83. The summed E-state index contributed by atoms with van der Waals surface area (Å²) in [6.07, 6.45) is 1.77. The number of nitrogens with zero attached hydrogens (tertiary/aromatic N) is 2. The first-order valence-corrected chi connectivity index (χ1v) is 7.78. The third-order valence-electron chi connectivity index (χ3n) is 2.66. The van der Waals surface area contributed by atoms with Crippen LogP contribution in [0.15, 0.2) is 51.2 Å². The number of rotatable bonds is 4. The largest absolute Gasteiger partial charge is 0.494 e. The van der Waals surface area contributed by atoms with Gasteiger partial charge in [-0.15, -0.1) is 0 Å². The second-order valence-electron chi connectivity index (χ2n) is 4.05. The first kappa shape index (κ1) is 13.5.